The van der Waals surface area contributed by atoms with E-state index in [1.165, 1.54) is 116 Å². The molecule has 5 heteroatoms. The van der Waals surface area contributed by atoms with Gasteiger partial charge in [-0.25, -0.2) is 0 Å². The maximum Gasteiger partial charge on any atom is 0.222 e. The maximum atomic E-state index is 12.4. The second-order valence-corrected chi connectivity index (χ2v) is 13.9. The van der Waals surface area contributed by atoms with Gasteiger partial charge in [0.25, 0.3) is 0 Å². The Labute approximate surface area is 297 Å². The molecule has 280 valence electrons. The second kappa shape index (κ2) is 38.1. The average Bonchev–Trinajstić information content (AvgIpc) is 3.08. The molecule has 4 N–H and O–H groups in total. The van der Waals surface area contributed by atoms with Crippen LogP contribution in [0.3, 0.4) is 0 Å². The molecule has 0 heterocycles. The van der Waals surface area contributed by atoms with E-state index in [-0.39, 0.29) is 18.9 Å². The van der Waals surface area contributed by atoms with Crippen LogP contribution in [0.4, 0.5) is 0 Å². The van der Waals surface area contributed by atoms with E-state index in [2.05, 4.69) is 55.6 Å². The van der Waals surface area contributed by atoms with Crippen LogP contribution in [0.1, 0.15) is 194 Å². The number of hydrogen-bond acceptors (Lipinski definition) is 4. The number of hydrogen-bond donors (Lipinski definition) is 4. The molecule has 0 aliphatic heterocycles. The molecule has 0 aliphatic carbocycles. The number of aliphatic hydroxyl groups is 3. The van der Waals surface area contributed by atoms with Crippen LogP contribution in [0.5, 0.6) is 0 Å². The summed E-state index contributed by atoms with van der Waals surface area (Å²) < 4.78 is 0. The van der Waals surface area contributed by atoms with E-state index in [0.29, 0.717) is 6.42 Å². The normalized spacial score (nSPS) is 14.2. The van der Waals surface area contributed by atoms with Crippen molar-refractivity contribution in [2.75, 3.05) is 6.61 Å². The fourth-order valence-corrected chi connectivity index (χ4v) is 5.89. The number of rotatable bonds is 36. The lowest BCUT2D eigenvalue weighted by Gasteiger charge is -2.20. The van der Waals surface area contributed by atoms with Gasteiger partial charge in [-0.05, 0) is 70.6 Å². The lowest BCUT2D eigenvalue weighted by atomic mass is 10.0. The third-order valence-corrected chi connectivity index (χ3v) is 9.07. The van der Waals surface area contributed by atoms with Gasteiger partial charge >= 0.3 is 0 Å². The summed E-state index contributed by atoms with van der Waals surface area (Å²) in [5.74, 6) is -0.336. The number of nitrogens with one attached hydrogen (secondary N) is 1. The van der Waals surface area contributed by atoms with E-state index >= 15 is 0 Å². The molecule has 0 aromatic carbocycles. The molecule has 5 nitrogen and oxygen atoms in total. The summed E-state index contributed by atoms with van der Waals surface area (Å²) in [6, 6.07) is -0.769. The monoisotopic (exact) mass is 674 g/mol. The lowest BCUT2D eigenvalue weighted by molar-refractivity contribution is -0.124. The standard InChI is InChI=1S/C43H79NO4/c1-3-5-7-9-11-13-15-17-19-20-21-23-24-26-28-30-32-34-36-40(46)38-43(48)44-41(39-45)42(47)37-35-33-31-29-27-25-22-18-16-14-12-10-8-6-4-2/h16,18,21,23,27,29,35,37,40-42,45-47H,3-15,17,19-20,22,24-26,28,30-34,36,38-39H2,1-2H3,(H,44,48)/b18-16+,23-21-,29-27+,37-35+. The van der Waals surface area contributed by atoms with Crippen molar-refractivity contribution >= 4 is 5.91 Å². The zero-order chi connectivity index (χ0) is 35.2. The summed E-state index contributed by atoms with van der Waals surface area (Å²) in [4.78, 5) is 12.4. The van der Waals surface area contributed by atoms with Crippen molar-refractivity contribution in [2.24, 2.45) is 0 Å². The summed E-state index contributed by atoms with van der Waals surface area (Å²) in [5.41, 5.74) is 0. The molecule has 0 fully saturated rings. The number of unbranched alkanes of at least 4 members (excludes halogenated alkanes) is 21. The summed E-state index contributed by atoms with van der Waals surface area (Å²) in [6.45, 7) is 4.17. The van der Waals surface area contributed by atoms with E-state index in [1.54, 1.807) is 6.08 Å². The van der Waals surface area contributed by atoms with Gasteiger partial charge in [0.2, 0.25) is 5.91 Å². The van der Waals surface area contributed by atoms with Crippen LogP contribution < -0.4 is 5.32 Å². The SMILES string of the molecule is CCCCCCC/C=C/CC/C=C/CC/C=C/C(O)C(CO)NC(=O)CC(O)CCCCCCC/C=C\CCCCCCCCCCC. The molecule has 0 aliphatic rings. The van der Waals surface area contributed by atoms with Gasteiger partial charge in [-0.15, -0.1) is 0 Å². The number of aliphatic hydroxyl groups excluding tert-OH is 3. The van der Waals surface area contributed by atoms with Gasteiger partial charge in [-0.2, -0.15) is 0 Å². The Balaban J connectivity index is 3.78. The molecule has 0 spiro atoms. The van der Waals surface area contributed by atoms with Crippen molar-refractivity contribution in [3.05, 3.63) is 48.6 Å². The molecule has 0 rings (SSSR count). The topological polar surface area (TPSA) is 89.8 Å². The average molecular weight is 674 g/mol. The quantitative estimate of drug-likeness (QED) is 0.0393. The van der Waals surface area contributed by atoms with Crippen molar-refractivity contribution in [1.29, 1.82) is 0 Å². The molecule has 0 saturated carbocycles. The summed E-state index contributed by atoms with van der Waals surface area (Å²) in [5, 5.41) is 33.1. The predicted molar refractivity (Wildman–Crippen MR) is 208 cm³/mol. The van der Waals surface area contributed by atoms with Crippen LogP contribution in [-0.2, 0) is 4.79 Å². The summed E-state index contributed by atoms with van der Waals surface area (Å²) >= 11 is 0. The number of allylic oxidation sites excluding steroid dienone is 7. The molecule has 3 atom stereocenters. The van der Waals surface area contributed by atoms with E-state index in [4.69, 9.17) is 0 Å². The maximum absolute atomic E-state index is 12.4. The highest BCUT2D eigenvalue weighted by atomic mass is 16.3. The first-order valence-corrected chi connectivity index (χ1v) is 20.4. The summed E-state index contributed by atoms with van der Waals surface area (Å²) in [6.07, 6.45) is 48.1. The van der Waals surface area contributed by atoms with Crippen LogP contribution in [0.15, 0.2) is 48.6 Å². The van der Waals surface area contributed by atoms with Crippen LogP contribution in [0.2, 0.25) is 0 Å². The molecule has 1 amide bonds. The predicted octanol–water partition coefficient (Wildman–Crippen LogP) is 11.4. The van der Waals surface area contributed by atoms with Crippen molar-refractivity contribution in [2.45, 2.75) is 212 Å². The molecule has 0 saturated heterocycles. The van der Waals surface area contributed by atoms with Gasteiger partial charge in [0.05, 0.1) is 31.3 Å². The smallest absolute Gasteiger partial charge is 0.222 e. The second-order valence-electron chi connectivity index (χ2n) is 13.9. The Kier molecular flexibility index (Phi) is 36.8. The van der Waals surface area contributed by atoms with E-state index in [1.807, 2.05) is 6.08 Å². The Morgan fingerprint density at radius 1 is 0.521 bits per heavy atom. The van der Waals surface area contributed by atoms with Gasteiger partial charge in [0.1, 0.15) is 0 Å². The minimum Gasteiger partial charge on any atom is -0.394 e. The summed E-state index contributed by atoms with van der Waals surface area (Å²) in [7, 11) is 0. The molecule has 0 aromatic heterocycles. The van der Waals surface area contributed by atoms with E-state index in [9.17, 15) is 20.1 Å². The van der Waals surface area contributed by atoms with Crippen molar-refractivity contribution in [3.8, 4) is 0 Å². The van der Waals surface area contributed by atoms with E-state index in [0.717, 1.165) is 51.4 Å². The van der Waals surface area contributed by atoms with Crippen molar-refractivity contribution < 1.29 is 20.1 Å². The van der Waals surface area contributed by atoms with Gasteiger partial charge in [-0.3, -0.25) is 4.79 Å². The highest BCUT2D eigenvalue weighted by molar-refractivity contribution is 5.76. The first kappa shape index (κ1) is 46.3. The molecule has 3 unspecified atom stereocenters. The number of amides is 1. The fourth-order valence-electron chi connectivity index (χ4n) is 5.89. The van der Waals surface area contributed by atoms with Crippen LogP contribution in [0, 0.1) is 0 Å². The number of carbonyl (C=O) groups is 1. The minimum atomic E-state index is -0.961. The fraction of sp³-hybridized carbons (Fsp3) is 0.791. The van der Waals surface area contributed by atoms with E-state index < -0.39 is 18.2 Å². The van der Waals surface area contributed by atoms with Gasteiger partial charge < -0.3 is 20.6 Å². The molecule has 48 heavy (non-hydrogen) atoms. The zero-order valence-electron chi connectivity index (χ0n) is 31.6. The molecule has 0 bridgehead atoms. The minimum absolute atomic E-state index is 0.00434. The molecular formula is C43H79NO4. The Bertz CT molecular complexity index is 790. The van der Waals surface area contributed by atoms with Crippen molar-refractivity contribution in [1.82, 2.24) is 5.32 Å². The molecular weight excluding hydrogens is 594 g/mol. The largest absolute Gasteiger partial charge is 0.394 e. The van der Waals surface area contributed by atoms with Gasteiger partial charge in [0.15, 0.2) is 0 Å². The van der Waals surface area contributed by atoms with Crippen LogP contribution in [0.25, 0.3) is 0 Å². The van der Waals surface area contributed by atoms with Gasteiger partial charge in [-0.1, -0.05) is 165 Å². The highest BCUT2D eigenvalue weighted by Gasteiger charge is 2.20. The third kappa shape index (κ3) is 34.2. The Morgan fingerprint density at radius 3 is 1.33 bits per heavy atom. The Morgan fingerprint density at radius 2 is 0.896 bits per heavy atom. The molecule has 0 radical (unpaired) electrons. The number of carbonyl (C=O) groups excluding carboxylic acids is 1. The third-order valence-electron chi connectivity index (χ3n) is 9.07. The molecule has 0 aromatic rings. The zero-order valence-corrected chi connectivity index (χ0v) is 31.6. The first-order valence-electron chi connectivity index (χ1n) is 20.4. The van der Waals surface area contributed by atoms with Crippen LogP contribution in [-0.4, -0.2) is 46.1 Å². The lowest BCUT2D eigenvalue weighted by Crippen LogP contribution is -2.45. The van der Waals surface area contributed by atoms with Crippen LogP contribution >= 0.6 is 0 Å². The first-order chi connectivity index (χ1) is 23.5. The van der Waals surface area contributed by atoms with Gasteiger partial charge in [0, 0.05) is 0 Å². The highest BCUT2D eigenvalue weighted by Crippen LogP contribution is 2.13. The Hall–Kier alpha value is -1.69. The van der Waals surface area contributed by atoms with Crippen molar-refractivity contribution in [3.63, 3.8) is 0 Å².